The molecule has 1 heterocycles. The van der Waals surface area contributed by atoms with Crippen LogP contribution in [0.15, 0.2) is 65.3 Å². The summed E-state index contributed by atoms with van der Waals surface area (Å²) in [5.41, 5.74) is 0.405. The Kier molecular flexibility index (Phi) is 7.84. The second-order valence-corrected chi connectivity index (χ2v) is 9.40. The van der Waals surface area contributed by atoms with Crippen LogP contribution in [-0.2, 0) is 9.59 Å². The number of carbonyl (C=O) groups excluding carboxylic acids is 4. The van der Waals surface area contributed by atoms with E-state index in [1.54, 1.807) is 0 Å². The fourth-order valence-corrected chi connectivity index (χ4v) is 4.47. The fourth-order valence-electron chi connectivity index (χ4n) is 3.54. The summed E-state index contributed by atoms with van der Waals surface area (Å²) in [7, 11) is 1.26. The molecule has 0 atom stereocenters. The quantitative estimate of drug-likeness (QED) is 0.380. The van der Waals surface area contributed by atoms with Crippen molar-refractivity contribution >= 4 is 87.2 Å². The van der Waals surface area contributed by atoms with Gasteiger partial charge in [0.25, 0.3) is 17.7 Å². The number of nitrogens with one attached hydrogen (secondary N) is 2. The molecule has 13 heteroatoms. The molecule has 4 rings (SSSR count). The minimum absolute atomic E-state index is 0.0341. The van der Waals surface area contributed by atoms with Crippen LogP contribution in [0.5, 0.6) is 5.75 Å². The molecular formula is C25H14Cl4N3O6-. The average Bonchev–Trinajstić information content (AvgIpc) is 3.07. The Morgan fingerprint density at radius 1 is 0.895 bits per heavy atom. The lowest BCUT2D eigenvalue weighted by atomic mass is 10.1. The van der Waals surface area contributed by atoms with Crippen molar-refractivity contribution in [1.29, 1.82) is 0 Å². The number of imide groups is 1. The van der Waals surface area contributed by atoms with E-state index in [-0.39, 0.29) is 54.0 Å². The minimum atomic E-state index is -1.48. The molecular weight excluding hydrogens is 580 g/mol. The van der Waals surface area contributed by atoms with Gasteiger partial charge in [-0.1, -0.05) is 46.4 Å². The lowest BCUT2D eigenvalue weighted by molar-refractivity contribution is -0.255. The van der Waals surface area contributed by atoms with Crippen LogP contribution in [0.4, 0.5) is 17.1 Å². The SMILES string of the molecule is COc1cc(NC(=O)c2ccc(NC3=C(Cl)C(=O)N(c4cc(Cl)cc(Cl)c4)C3=O)cc2)c(Cl)cc1C(=O)[O-]. The van der Waals surface area contributed by atoms with Gasteiger partial charge >= 0.3 is 0 Å². The lowest BCUT2D eigenvalue weighted by Crippen LogP contribution is -2.32. The number of carbonyl (C=O) groups is 4. The van der Waals surface area contributed by atoms with E-state index in [1.165, 1.54) is 55.6 Å². The van der Waals surface area contributed by atoms with Gasteiger partial charge in [-0.2, -0.15) is 0 Å². The molecule has 1 aliphatic heterocycles. The van der Waals surface area contributed by atoms with Gasteiger partial charge in [-0.3, -0.25) is 14.4 Å². The molecule has 0 saturated carbocycles. The molecule has 0 spiro atoms. The normalized spacial score (nSPS) is 13.1. The topological polar surface area (TPSA) is 128 Å². The van der Waals surface area contributed by atoms with Crippen LogP contribution in [0.25, 0.3) is 0 Å². The number of halogens is 4. The van der Waals surface area contributed by atoms with Gasteiger partial charge in [0.05, 0.1) is 29.5 Å². The fraction of sp³-hybridized carbons (Fsp3) is 0.0400. The van der Waals surface area contributed by atoms with Crippen molar-refractivity contribution in [1.82, 2.24) is 0 Å². The van der Waals surface area contributed by atoms with Crippen molar-refractivity contribution in [3.63, 3.8) is 0 Å². The molecule has 3 aromatic carbocycles. The lowest BCUT2D eigenvalue weighted by Gasteiger charge is -2.16. The molecule has 194 valence electrons. The monoisotopic (exact) mass is 592 g/mol. The Morgan fingerprint density at radius 3 is 2.11 bits per heavy atom. The summed E-state index contributed by atoms with van der Waals surface area (Å²) in [5, 5.41) is 16.7. The highest BCUT2D eigenvalue weighted by Crippen LogP contribution is 2.34. The predicted octanol–water partition coefficient (Wildman–Crippen LogP) is 4.71. The summed E-state index contributed by atoms with van der Waals surface area (Å²) in [5.74, 6) is -3.56. The summed E-state index contributed by atoms with van der Waals surface area (Å²) in [6.45, 7) is 0. The Balaban J connectivity index is 1.50. The van der Waals surface area contributed by atoms with Gasteiger partial charge in [-0.15, -0.1) is 0 Å². The van der Waals surface area contributed by atoms with Gasteiger partial charge in [0.15, 0.2) is 0 Å². The summed E-state index contributed by atoms with van der Waals surface area (Å²) < 4.78 is 5.02. The van der Waals surface area contributed by atoms with Gasteiger partial charge in [0.2, 0.25) is 0 Å². The van der Waals surface area contributed by atoms with Crippen LogP contribution in [0.2, 0.25) is 15.1 Å². The number of hydrogen-bond donors (Lipinski definition) is 2. The van der Waals surface area contributed by atoms with E-state index in [1.807, 2.05) is 0 Å². The zero-order valence-corrected chi connectivity index (χ0v) is 22.1. The highest BCUT2D eigenvalue weighted by Gasteiger charge is 2.39. The maximum absolute atomic E-state index is 13.0. The first-order valence-electron chi connectivity index (χ1n) is 10.5. The highest BCUT2D eigenvalue weighted by molar-refractivity contribution is 6.53. The van der Waals surface area contributed by atoms with Gasteiger partial charge in [0.1, 0.15) is 16.5 Å². The van der Waals surface area contributed by atoms with Crippen LogP contribution >= 0.6 is 46.4 Å². The molecule has 0 aromatic heterocycles. The molecule has 3 aromatic rings. The van der Waals surface area contributed by atoms with Gasteiger partial charge < -0.3 is 25.3 Å². The van der Waals surface area contributed by atoms with Gasteiger partial charge in [0, 0.05) is 32.9 Å². The Labute approximate surface area is 235 Å². The Morgan fingerprint density at radius 2 is 1.53 bits per heavy atom. The first-order chi connectivity index (χ1) is 18.0. The molecule has 0 bridgehead atoms. The summed E-state index contributed by atoms with van der Waals surface area (Å²) >= 11 is 24.2. The van der Waals surface area contributed by atoms with E-state index in [2.05, 4.69) is 10.6 Å². The number of amides is 3. The maximum atomic E-state index is 13.0. The Hall–Kier alpha value is -3.76. The molecule has 9 nitrogen and oxygen atoms in total. The molecule has 0 saturated heterocycles. The van der Waals surface area contributed by atoms with Crippen molar-refractivity contribution in [3.05, 3.63) is 91.5 Å². The number of carboxylic acids is 1. The second kappa shape index (κ2) is 10.9. The Bertz CT molecular complexity index is 1520. The van der Waals surface area contributed by atoms with Crippen LogP contribution in [0.1, 0.15) is 20.7 Å². The first kappa shape index (κ1) is 27.3. The number of hydrogen-bond acceptors (Lipinski definition) is 7. The molecule has 1 aliphatic rings. The number of ether oxygens (including phenoxy) is 1. The summed E-state index contributed by atoms with van der Waals surface area (Å²) in [6, 6.07) is 12.5. The number of rotatable bonds is 7. The standard InChI is InChI=1S/C25H15Cl4N3O6/c1-38-19-10-18(17(28)9-16(19)25(36)37)31-22(33)11-2-4-14(5-3-11)30-21-20(29)23(34)32(24(21)35)15-7-12(26)6-13(27)8-15/h2-10,30H,1H3,(H,31,33)(H,36,37)/p-1. The summed E-state index contributed by atoms with van der Waals surface area (Å²) in [6.07, 6.45) is 0. The van der Waals surface area contributed by atoms with Crippen molar-refractivity contribution in [2.45, 2.75) is 0 Å². The predicted molar refractivity (Wildman–Crippen MR) is 142 cm³/mol. The van der Waals surface area contributed by atoms with E-state index >= 15 is 0 Å². The van der Waals surface area contributed by atoms with E-state index in [0.717, 1.165) is 11.0 Å². The number of methoxy groups -OCH3 is 1. The van der Waals surface area contributed by atoms with Crippen LogP contribution < -0.4 is 25.4 Å². The van der Waals surface area contributed by atoms with Crippen molar-refractivity contribution in [3.8, 4) is 5.75 Å². The number of aromatic carboxylic acids is 1. The second-order valence-electron chi connectivity index (χ2n) is 7.74. The first-order valence-corrected chi connectivity index (χ1v) is 12.0. The van der Waals surface area contributed by atoms with Crippen LogP contribution in [-0.4, -0.2) is 30.8 Å². The van der Waals surface area contributed by atoms with E-state index in [4.69, 9.17) is 51.1 Å². The molecule has 0 fully saturated rings. The minimum Gasteiger partial charge on any atom is -0.545 e. The molecule has 3 amide bonds. The van der Waals surface area contributed by atoms with Gasteiger partial charge in [-0.25, -0.2) is 4.90 Å². The molecule has 0 radical (unpaired) electrons. The van der Waals surface area contributed by atoms with Crippen LogP contribution in [0, 0.1) is 0 Å². The third-order valence-electron chi connectivity index (χ3n) is 5.31. The zero-order valence-electron chi connectivity index (χ0n) is 19.1. The average molecular weight is 594 g/mol. The molecule has 0 aliphatic carbocycles. The summed E-state index contributed by atoms with van der Waals surface area (Å²) in [4.78, 5) is 50.4. The van der Waals surface area contributed by atoms with Crippen molar-refractivity contribution in [2.75, 3.05) is 22.6 Å². The van der Waals surface area contributed by atoms with Crippen molar-refractivity contribution in [2.24, 2.45) is 0 Å². The van der Waals surface area contributed by atoms with E-state index in [0.29, 0.717) is 5.69 Å². The largest absolute Gasteiger partial charge is 0.545 e. The zero-order chi connectivity index (χ0) is 27.7. The number of anilines is 3. The molecule has 2 N–H and O–H groups in total. The van der Waals surface area contributed by atoms with Gasteiger partial charge in [-0.05, 0) is 48.5 Å². The maximum Gasteiger partial charge on any atom is 0.283 e. The third-order valence-corrected chi connectivity index (χ3v) is 6.41. The van der Waals surface area contributed by atoms with Crippen molar-refractivity contribution < 1.29 is 29.0 Å². The number of carboxylic acid groups (broad SMARTS) is 1. The number of benzene rings is 3. The van der Waals surface area contributed by atoms with Crippen LogP contribution in [0.3, 0.4) is 0 Å². The highest BCUT2D eigenvalue weighted by atomic mass is 35.5. The third kappa shape index (κ3) is 5.41. The van der Waals surface area contributed by atoms with E-state index < -0.39 is 23.7 Å². The van der Waals surface area contributed by atoms with E-state index in [9.17, 15) is 24.3 Å². The molecule has 38 heavy (non-hydrogen) atoms. The number of nitrogens with zero attached hydrogens (tertiary/aromatic N) is 1. The molecule has 0 unspecified atom stereocenters. The smallest absolute Gasteiger partial charge is 0.283 e.